The van der Waals surface area contributed by atoms with Gasteiger partial charge in [-0.2, -0.15) is 0 Å². The highest BCUT2D eigenvalue weighted by Crippen LogP contribution is 2.40. The Balaban J connectivity index is 1.58. The van der Waals surface area contributed by atoms with Gasteiger partial charge in [-0.05, 0) is 62.4 Å². The molecule has 0 saturated carbocycles. The molecule has 2 aromatic carbocycles. The molecule has 1 aliphatic carbocycles. The number of hydrogen-bond acceptors (Lipinski definition) is 6. The van der Waals surface area contributed by atoms with E-state index < -0.39 is 18.5 Å². The van der Waals surface area contributed by atoms with Gasteiger partial charge in [0.05, 0.1) is 18.8 Å². The smallest absolute Gasteiger partial charge is 0.202 e. The minimum atomic E-state index is -0.615. The molecule has 2 aliphatic rings. The first-order valence-electron chi connectivity index (χ1n) is 13.3. The molecule has 35 heavy (non-hydrogen) atoms. The van der Waals surface area contributed by atoms with Gasteiger partial charge in [0.25, 0.3) is 0 Å². The lowest BCUT2D eigenvalue weighted by atomic mass is 9.86. The fourth-order valence-corrected chi connectivity index (χ4v) is 5.39. The van der Waals surface area contributed by atoms with Gasteiger partial charge in [0.1, 0.15) is 6.61 Å². The van der Waals surface area contributed by atoms with E-state index >= 15 is 0 Å². The van der Waals surface area contributed by atoms with Crippen molar-refractivity contribution in [3.8, 4) is 11.5 Å². The third-order valence-electron chi connectivity index (χ3n) is 7.08. The highest BCUT2D eigenvalue weighted by molar-refractivity contribution is 5.52. The Morgan fingerprint density at radius 1 is 1.03 bits per heavy atom. The molecule has 192 valence electrons. The first-order valence-corrected chi connectivity index (χ1v) is 13.3. The summed E-state index contributed by atoms with van der Waals surface area (Å²) in [5, 5.41) is 19.9. The molecule has 0 aromatic heterocycles. The van der Waals surface area contributed by atoms with Gasteiger partial charge in [-0.1, -0.05) is 50.2 Å². The molecule has 0 bridgehead atoms. The maximum absolute atomic E-state index is 10.3. The van der Waals surface area contributed by atoms with Gasteiger partial charge in [0.2, 0.25) is 6.29 Å². The maximum Gasteiger partial charge on any atom is 0.202 e. The molecule has 0 amide bonds. The van der Waals surface area contributed by atoms with Gasteiger partial charge in [-0.15, -0.1) is 0 Å². The van der Waals surface area contributed by atoms with Crippen LogP contribution in [0.15, 0.2) is 42.5 Å². The van der Waals surface area contributed by atoms with E-state index in [1.807, 2.05) is 36.4 Å². The van der Waals surface area contributed by atoms with E-state index in [0.717, 1.165) is 56.5 Å². The third kappa shape index (κ3) is 6.76. The molecule has 1 fully saturated rings. The second-order valence-corrected chi connectivity index (χ2v) is 9.85. The van der Waals surface area contributed by atoms with Crippen LogP contribution in [0.5, 0.6) is 11.5 Å². The topological polar surface area (TPSA) is 71.4 Å². The zero-order valence-corrected chi connectivity index (χ0v) is 21.2. The van der Waals surface area contributed by atoms with Gasteiger partial charge >= 0.3 is 0 Å². The SMILES string of the molecule is CCCN(CCC)C1CCc2c(ccc(OCc3ccccc3)c2OC2CC(O)CC(CO)O2)C1. The van der Waals surface area contributed by atoms with E-state index in [-0.39, 0.29) is 6.61 Å². The van der Waals surface area contributed by atoms with Crippen LogP contribution in [0.4, 0.5) is 0 Å². The Hall–Kier alpha value is -2.12. The summed E-state index contributed by atoms with van der Waals surface area (Å²) < 4.78 is 18.6. The third-order valence-corrected chi connectivity index (χ3v) is 7.08. The van der Waals surface area contributed by atoms with Crippen LogP contribution in [0.25, 0.3) is 0 Å². The Bertz CT molecular complexity index is 915. The van der Waals surface area contributed by atoms with Crippen LogP contribution >= 0.6 is 0 Å². The van der Waals surface area contributed by atoms with Gasteiger partial charge in [-0.3, -0.25) is 0 Å². The van der Waals surface area contributed by atoms with Crippen LogP contribution in [-0.4, -0.2) is 59.3 Å². The molecule has 2 aromatic rings. The highest BCUT2D eigenvalue weighted by Gasteiger charge is 2.32. The average molecular weight is 484 g/mol. The van der Waals surface area contributed by atoms with Crippen molar-refractivity contribution in [3.05, 3.63) is 59.2 Å². The Morgan fingerprint density at radius 3 is 2.51 bits per heavy atom. The fraction of sp³-hybridized carbons (Fsp3) is 0.586. The maximum atomic E-state index is 10.3. The van der Waals surface area contributed by atoms with E-state index in [1.165, 1.54) is 11.1 Å². The van der Waals surface area contributed by atoms with Crippen molar-refractivity contribution in [1.82, 2.24) is 4.90 Å². The van der Waals surface area contributed by atoms with Crippen LogP contribution in [0.2, 0.25) is 0 Å². The predicted molar refractivity (Wildman–Crippen MR) is 137 cm³/mol. The summed E-state index contributed by atoms with van der Waals surface area (Å²) in [5.74, 6) is 1.43. The molecule has 2 N–H and O–H groups in total. The summed E-state index contributed by atoms with van der Waals surface area (Å²) in [6, 6.07) is 14.9. The summed E-state index contributed by atoms with van der Waals surface area (Å²) in [7, 11) is 0. The van der Waals surface area contributed by atoms with Crippen molar-refractivity contribution in [3.63, 3.8) is 0 Å². The number of rotatable bonds is 11. The largest absolute Gasteiger partial charge is 0.485 e. The quantitative estimate of drug-likeness (QED) is 0.491. The summed E-state index contributed by atoms with van der Waals surface area (Å²) in [6.45, 7) is 7.08. The molecule has 4 rings (SSSR count). The highest BCUT2D eigenvalue weighted by atomic mass is 16.7. The molecular formula is C29H41NO5. The van der Waals surface area contributed by atoms with Crippen molar-refractivity contribution < 1.29 is 24.4 Å². The number of aliphatic hydroxyl groups is 2. The van der Waals surface area contributed by atoms with Crippen molar-refractivity contribution in [2.24, 2.45) is 0 Å². The van der Waals surface area contributed by atoms with E-state index in [1.54, 1.807) is 0 Å². The normalized spacial score (nSPS) is 24.3. The van der Waals surface area contributed by atoms with Crippen LogP contribution in [0.1, 0.15) is 62.6 Å². The van der Waals surface area contributed by atoms with Crippen LogP contribution in [-0.2, 0) is 24.2 Å². The fourth-order valence-electron chi connectivity index (χ4n) is 5.39. The van der Waals surface area contributed by atoms with Gasteiger partial charge in [0, 0.05) is 24.4 Å². The molecule has 1 aliphatic heterocycles. The second kappa shape index (κ2) is 12.7. The molecular weight excluding hydrogens is 442 g/mol. The Morgan fingerprint density at radius 2 is 1.80 bits per heavy atom. The summed E-state index contributed by atoms with van der Waals surface area (Å²) in [4.78, 5) is 2.63. The molecule has 4 unspecified atom stereocenters. The van der Waals surface area contributed by atoms with E-state index in [4.69, 9.17) is 14.2 Å². The van der Waals surface area contributed by atoms with Crippen LogP contribution < -0.4 is 9.47 Å². The van der Waals surface area contributed by atoms with Crippen molar-refractivity contribution in [2.45, 2.75) is 89.9 Å². The number of nitrogens with zero attached hydrogens (tertiary/aromatic N) is 1. The lowest BCUT2D eigenvalue weighted by Gasteiger charge is -2.37. The molecule has 1 saturated heterocycles. The monoisotopic (exact) mass is 483 g/mol. The van der Waals surface area contributed by atoms with Gasteiger partial charge < -0.3 is 29.3 Å². The summed E-state index contributed by atoms with van der Waals surface area (Å²) in [5.41, 5.74) is 3.58. The van der Waals surface area contributed by atoms with E-state index in [2.05, 4.69) is 24.8 Å². The van der Waals surface area contributed by atoms with Crippen LogP contribution in [0, 0.1) is 0 Å². The zero-order valence-electron chi connectivity index (χ0n) is 21.2. The first kappa shape index (κ1) is 26.0. The predicted octanol–water partition coefficient (Wildman–Crippen LogP) is 4.48. The van der Waals surface area contributed by atoms with Gasteiger partial charge in [0.15, 0.2) is 11.5 Å². The Kier molecular flexibility index (Phi) is 9.44. The minimum absolute atomic E-state index is 0.131. The van der Waals surface area contributed by atoms with E-state index in [0.29, 0.717) is 31.2 Å². The van der Waals surface area contributed by atoms with E-state index in [9.17, 15) is 10.2 Å². The lowest BCUT2D eigenvalue weighted by Crippen LogP contribution is -2.41. The second-order valence-electron chi connectivity index (χ2n) is 9.85. The summed E-state index contributed by atoms with van der Waals surface area (Å²) in [6.07, 6.45) is 4.54. The first-order chi connectivity index (χ1) is 17.1. The zero-order chi connectivity index (χ0) is 24.6. The molecule has 0 radical (unpaired) electrons. The minimum Gasteiger partial charge on any atom is -0.485 e. The molecule has 4 atom stereocenters. The molecule has 0 spiro atoms. The number of benzene rings is 2. The van der Waals surface area contributed by atoms with Crippen molar-refractivity contribution >= 4 is 0 Å². The number of hydrogen-bond donors (Lipinski definition) is 2. The molecule has 6 heteroatoms. The molecule has 1 heterocycles. The standard InChI is InChI=1S/C29H41NO5/c1-3-14-30(15-4-2)23-11-12-26-22(16-23)10-13-27(33-20-21-8-6-5-7-9-21)29(26)35-28-18-24(32)17-25(19-31)34-28/h5-10,13,23-25,28,31-32H,3-4,11-12,14-20H2,1-2H3. The van der Waals surface area contributed by atoms with Crippen LogP contribution in [0.3, 0.4) is 0 Å². The number of fused-ring (bicyclic) bond motifs is 1. The number of ether oxygens (including phenoxy) is 3. The molecule has 6 nitrogen and oxygen atoms in total. The Labute approximate surface area is 209 Å². The summed E-state index contributed by atoms with van der Waals surface area (Å²) >= 11 is 0. The number of aliphatic hydroxyl groups excluding tert-OH is 2. The van der Waals surface area contributed by atoms with Gasteiger partial charge in [-0.25, -0.2) is 0 Å². The van der Waals surface area contributed by atoms with Crippen molar-refractivity contribution in [2.75, 3.05) is 19.7 Å². The van der Waals surface area contributed by atoms with Crippen molar-refractivity contribution in [1.29, 1.82) is 0 Å². The average Bonchev–Trinajstić information content (AvgIpc) is 2.88. The lowest BCUT2D eigenvalue weighted by molar-refractivity contribution is -0.185.